The van der Waals surface area contributed by atoms with Gasteiger partial charge in [-0.2, -0.15) is 0 Å². The van der Waals surface area contributed by atoms with Crippen molar-refractivity contribution in [1.29, 1.82) is 0 Å². The molecule has 0 atom stereocenters. The van der Waals surface area contributed by atoms with E-state index in [0.29, 0.717) is 19.0 Å². The summed E-state index contributed by atoms with van der Waals surface area (Å²) in [6.07, 6.45) is 0. The largest absolute Gasteiger partial charge is 0.368 e. The molecule has 0 unspecified atom stereocenters. The van der Waals surface area contributed by atoms with E-state index in [9.17, 15) is 9.18 Å². The number of carbonyl (C=O) groups excluding carboxylic acids is 1. The van der Waals surface area contributed by atoms with Crippen molar-refractivity contribution in [2.24, 2.45) is 0 Å². The fourth-order valence-electron chi connectivity index (χ4n) is 3.35. The molecule has 1 N–H and O–H groups in total. The molecule has 0 aliphatic carbocycles. The number of amides is 2. The van der Waals surface area contributed by atoms with Crippen LogP contribution in [0.25, 0.3) is 0 Å². The molecule has 1 aliphatic rings. The van der Waals surface area contributed by atoms with Crippen molar-refractivity contribution < 1.29 is 9.18 Å². The van der Waals surface area contributed by atoms with E-state index in [1.807, 2.05) is 24.0 Å². The van der Waals surface area contributed by atoms with Crippen molar-refractivity contribution in [1.82, 2.24) is 4.90 Å². The average Bonchev–Trinajstić information content (AvgIpc) is 2.64. The van der Waals surface area contributed by atoms with Crippen LogP contribution in [0, 0.1) is 12.7 Å². The molecule has 2 amide bonds. The molecule has 26 heavy (non-hydrogen) atoms. The van der Waals surface area contributed by atoms with Gasteiger partial charge in [0.1, 0.15) is 5.82 Å². The molecule has 3 rings (SSSR count). The predicted molar refractivity (Wildman–Crippen MR) is 104 cm³/mol. The van der Waals surface area contributed by atoms with Crippen LogP contribution in [0.3, 0.4) is 0 Å². The second-order valence-corrected chi connectivity index (χ2v) is 7.07. The molecule has 4 nitrogen and oxygen atoms in total. The first-order chi connectivity index (χ1) is 12.5. The van der Waals surface area contributed by atoms with Gasteiger partial charge < -0.3 is 15.1 Å². The SMILES string of the molecule is Cc1cccc(C(C)C)c1NC(=O)N1CCN(c2ccc(F)cc2)CC1. The van der Waals surface area contributed by atoms with Gasteiger partial charge in [0.05, 0.1) is 0 Å². The van der Waals surface area contributed by atoms with Crippen LogP contribution in [-0.4, -0.2) is 37.1 Å². The number of nitrogens with one attached hydrogen (secondary N) is 1. The zero-order valence-corrected chi connectivity index (χ0v) is 15.6. The fraction of sp³-hybridized carbons (Fsp3) is 0.381. The first kappa shape index (κ1) is 18.2. The Bertz CT molecular complexity index is 765. The standard InChI is InChI=1S/C21H26FN3O/c1-15(2)19-6-4-5-16(3)20(19)23-21(26)25-13-11-24(12-14-25)18-9-7-17(22)8-10-18/h4-10,15H,11-14H2,1-3H3,(H,23,26). The first-order valence-electron chi connectivity index (χ1n) is 9.11. The molecular weight excluding hydrogens is 329 g/mol. The molecule has 138 valence electrons. The summed E-state index contributed by atoms with van der Waals surface area (Å²) in [5, 5.41) is 3.11. The molecule has 5 heteroatoms. The van der Waals surface area contributed by atoms with Gasteiger partial charge in [0.15, 0.2) is 0 Å². The molecule has 1 heterocycles. The van der Waals surface area contributed by atoms with Gasteiger partial charge in [0.2, 0.25) is 0 Å². The van der Waals surface area contributed by atoms with E-state index in [2.05, 4.69) is 30.1 Å². The van der Waals surface area contributed by atoms with Crippen molar-refractivity contribution in [3.63, 3.8) is 0 Å². The number of piperazine rings is 1. The summed E-state index contributed by atoms with van der Waals surface area (Å²) in [4.78, 5) is 16.8. The van der Waals surface area contributed by atoms with Gasteiger partial charge in [-0.25, -0.2) is 9.18 Å². The Morgan fingerprint density at radius 2 is 1.69 bits per heavy atom. The van der Waals surface area contributed by atoms with Crippen LogP contribution in [0.15, 0.2) is 42.5 Å². The van der Waals surface area contributed by atoms with Gasteiger partial charge in [-0.15, -0.1) is 0 Å². The number of halogens is 1. The zero-order valence-electron chi connectivity index (χ0n) is 15.6. The van der Waals surface area contributed by atoms with E-state index >= 15 is 0 Å². The summed E-state index contributed by atoms with van der Waals surface area (Å²) in [5.41, 5.74) is 4.15. The maximum Gasteiger partial charge on any atom is 0.321 e. The van der Waals surface area contributed by atoms with Gasteiger partial charge in [-0.3, -0.25) is 0 Å². The van der Waals surface area contributed by atoms with Gasteiger partial charge in [-0.05, 0) is 48.2 Å². The highest BCUT2D eigenvalue weighted by atomic mass is 19.1. The predicted octanol–water partition coefficient (Wildman–Crippen LogP) is 4.61. The summed E-state index contributed by atoms with van der Waals surface area (Å²) in [5.74, 6) is 0.117. The highest BCUT2D eigenvalue weighted by Gasteiger charge is 2.22. The minimum atomic E-state index is -0.231. The smallest absolute Gasteiger partial charge is 0.321 e. The van der Waals surface area contributed by atoms with Crippen molar-refractivity contribution in [3.05, 3.63) is 59.4 Å². The number of para-hydroxylation sites is 1. The topological polar surface area (TPSA) is 35.6 Å². The van der Waals surface area contributed by atoms with Crippen molar-refractivity contribution in [2.75, 3.05) is 36.4 Å². The third-order valence-electron chi connectivity index (χ3n) is 4.92. The van der Waals surface area contributed by atoms with Crippen molar-refractivity contribution in [3.8, 4) is 0 Å². The summed E-state index contributed by atoms with van der Waals surface area (Å²) < 4.78 is 13.1. The van der Waals surface area contributed by atoms with Crippen LogP contribution in [0.5, 0.6) is 0 Å². The lowest BCUT2D eigenvalue weighted by Gasteiger charge is -2.36. The fourth-order valence-corrected chi connectivity index (χ4v) is 3.35. The van der Waals surface area contributed by atoms with Crippen LogP contribution >= 0.6 is 0 Å². The number of rotatable bonds is 3. The lowest BCUT2D eigenvalue weighted by Crippen LogP contribution is -2.50. The maximum absolute atomic E-state index is 13.1. The monoisotopic (exact) mass is 355 g/mol. The first-order valence-corrected chi connectivity index (χ1v) is 9.11. The maximum atomic E-state index is 13.1. The van der Waals surface area contributed by atoms with Crippen molar-refractivity contribution in [2.45, 2.75) is 26.7 Å². The van der Waals surface area contributed by atoms with Crippen LogP contribution in [0.1, 0.15) is 30.9 Å². The molecule has 2 aromatic carbocycles. The minimum absolute atomic E-state index is 0.0556. The minimum Gasteiger partial charge on any atom is -0.368 e. The summed E-state index contributed by atoms with van der Waals surface area (Å²) in [6.45, 7) is 9.05. The van der Waals surface area contributed by atoms with Crippen LogP contribution in [0.4, 0.5) is 20.6 Å². The lowest BCUT2D eigenvalue weighted by atomic mass is 9.98. The Morgan fingerprint density at radius 1 is 1.04 bits per heavy atom. The summed E-state index contributed by atoms with van der Waals surface area (Å²) in [7, 11) is 0. The number of hydrogen-bond donors (Lipinski definition) is 1. The Hall–Kier alpha value is -2.56. The van der Waals surface area contributed by atoms with E-state index in [1.54, 1.807) is 12.1 Å². The molecular formula is C21H26FN3O. The number of carbonyl (C=O) groups is 1. The second-order valence-electron chi connectivity index (χ2n) is 7.07. The molecule has 0 bridgehead atoms. The van der Waals surface area contributed by atoms with Gasteiger partial charge in [-0.1, -0.05) is 32.0 Å². The van der Waals surface area contributed by atoms with Crippen LogP contribution in [-0.2, 0) is 0 Å². The highest BCUT2D eigenvalue weighted by molar-refractivity contribution is 5.91. The van der Waals surface area contributed by atoms with E-state index < -0.39 is 0 Å². The number of benzene rings is 2. The molecule has 0 radical (unpaired) electrons. The normalized spacial score (nSPS) is 14.7. The van der Waals surface area contributed by atoms with Crippen molar-refractivity contribution >= 4 is 17.4 Å². The van der Waals surface area contributed by atoms with Gasteiger partial charge in [0, 0.05) is 37.6 Å². The zero-order chi connectivity index (χ0) is 18.7. The van der Waals surface area contributed by atoms with E-state index in [-0.39, 0.29) is 11.8 Å². The molecule has 0 aromatic heterocycles. The highest BCUT2D eigenvalue weighted by Crippen LogP contribution is 2.28. The number of urea groups is 1. The van der Waals surface area contributed by atoms with Gasteiger partial charge in [0.25, 0.3) is 0 Å². The molecule has 1 saturated heterocycles. The molecule has 1 fully saturated rings. The quantitative estimate of drug-likeness (QED) is 0.872. The second kappa shape index (κ2) is 7.77. The average molecular weight is 355 g/mol. The van der Waals surface area contributed by atoms with E-state index in [0.717, 1.165) is 35.6 Å². The third kappa shape index (κ3) is 3.98. The number of anilines is 2. The molecule has 2 aromatic rings. The molecule has 0 spiro atoms. The number of hydrogen-bond acceptors (Lipinski definition) is 2. The summed E-state index contributed by atoms with van der Waals surface area (Å²) in [6, 6.07) is 12.6. The van der Waals surface area contributed by atoms with E-state index in [4.69, 9.17) is 0 Å². The summed E-state index contributed by atoms with van der Waals surface area (Å²) >= 11 is 0. The number of nitrogens with zero attached hydrogens (tertiary/aromatic N) is 2. The Morgan fingerprint density at radius 3 is 2.31 bits per heavy atom. The van der Waals surface area contributed by atoms with Crippen LogP contribution < -0.4 is 10.2 Å². The Balaban J connectivity index is 1.63. The Labute approximate surface area is 154 Å². The van der Waals surface area contributed by atoms with Crippen LogP contribution in [0.2, 0.25) is 0 Å². The molecule has 1 aliphatic heterocycles. The third-order valence-corrected chi connectivity index (χ3v) is 4.92. The Kier molecular flexibility index (Phi) is 5.45. The van der Waals surface area contributed by atoms with E-state index in [1.165, 1.54) is 12.1 Å². The number of aryl methyl sites for hydroxylation is 1. The lowest BCUT2D eigenvalue weighted by molar-refractivity contribution is 0.208. The van der Waals surface area contributed by atoms with Gasteiger partial charge >= 0.3 is 6.03 Å². The molecule has 0 saturated carbocycles.